The van der Waals surface area contributed by atoms with Crippen molar-refractivity contribution in [2.45, 2.75) is 32.6 Å². The Kier molecular flexibility index (Phi) is 5.10. The molecule has 0 aliphatic rings. The molecule has 2 amide bonds. The molecule has 6 nitrogen and oxygen atoms in total. The standard InChI is InChI=1S/C16H20N4O2S/c1-16(2,3)12-9-23-13(20-12)6-7-18-15(22)11-5-4-10(8-19-11)14(17)21/h4-5,8-9H,6-7H2,1-3H3,(H2,17,21)(H,18,22). The molecule has 23 heavy (non-hydrogen) atoms. The largest absolute Gasteiger partial charge is 0.366 e. The summed E-state index contributed by atoms with van der Waals surface area (Å²) in [5.41, 5.74) is 6.76. The smallest absolute Gasteiger partial charge is 0.269 e. The Morgan fingerprint density at radius 3 is 2.57 bits per heavy atom. The van der Waals surface area contributed by atoms with Crippen LogP contribution in [0.25, 0.3) is 0 Å². The number of aromatic nitrogens is 2. The number of primary amides is 1. The van der Waals surface area contributed by atoms with Gasteiger partial charge in [-0.25, -0.2) is 4.98 Å². The molecule has 0 spiro atoms. The lowest BCUT2D eigenvalue weighted by molar-refractivity contribution is 0.0946. The van der Waals surface area contributed by atoms with E-state index in [2.05, 4.69) is 41.4 Å². The maximum absolute atomic E-state index is 12.0. The molecule has 0 aliphatic heterocycles. The molecule has 2 heterocycles. The zero-order valence-electron chi connectivity index (χ0n) is 13.4. The van der Waals surface area contributed by atoms with Crippen molar-refractivity contribution >= 4 is 23.2 Å². The second-order valence-corrected chi connectivity index (χ2v) is 7.12. The van der Waals surface area contributed by atoms with E-state index in [1.54, 1.807) is 11.3 Å². The third-order valence-electron chi connectivity index (χ3n) is 3.23. The van der Waals surface area contributed by atoms with Gasteiger partial charge in [0, 0.05) is 30.0 Å². The van der Waals surface area contributed by atoms with Gasteiger partial charge in [-0.15, -0.1) is 11.3 Å². The van der Waals surface area contributed by atoms with Crippen molar-refractivity contribution in [1.82, 2.24) is 15.3 Å². The van der Waals surface area contributed by atoms with Crippen LogP contribution in [0.1, 0.15) is 52.3 Å². The highest BCUT2D eigenvalue weighted by molar-refractivity contribution is 7.09. The Morgan fingerprint density at radius 2 is 2.04 bits per heavy atom. The number of nitrogens with zero attached hydrogens (tertiary/aromatic N) is 2. The number of carbonyl (C=O) groups excluding carboxylic acids is 2. The molecule has 0 aromatic carbocycles. The van der Waals surface area contributed by atoms with Gasteiger partial charge in [-0.05, 0) is 12.1 Å². The number of nitrogens with two attached hydrogens (primary N) is 1. The Labute approximate surface area is 139 Å². The first-order chi connectivity index (χ1) is 10.8. The van der Waals surface area contributed by atoms with E-state index in [0.29, 0.717) is 13.0 Å². The SMILES string of the molecule is CC(C)(C)c1csc(CCNC(=O)c2ccc(C(N)=O)cn2)n1. The number of carbonyl (C=O) groups is 2. The second kappa shape index (κ2) is 6.87. The third-order valence-corrected chi connectivity index (χ3v) is 4.13. The number of hydrogen-bond acceptors (Lipinski definition) is 5. The minimum Gasteiger partial charge on any atom is -0.366 e. The zero-order valence-corrected chi connectivity index (χ0v) is 14.2. The number of nitrogens with one attached hydrogen (secondary N) is 1. The van der Waals surface area contributed by atoms with Gasteiger partial charge >= 0.3 is 0 Å². The summed E-state index contributed by atoms with van der Waals surface area (Å²) in [6, 6.07) is 2.97. The summed E-state index contributed by atoms with van der Waals surface area (Å²) < 4.78 is 0. The van der Waals surface area contributed by atoms with E-state index in [4.69, 9.17) is 5.73 Å². The fraction of sp³-hybridized carbons (Fsp3) is 0.375. The maximum atomic E-state index is 12.0. The predicted octanol–water partition coefficient (Wildman–Crippen LogP) is 1.91. The Bertz CT molecular complexity index is 702. The second-order valence-electron chi connectivity index (χ2n) is 6.18. The van der Waals surface area contributed by atoms with Crippen LogP contribution in [0, 0.1) is 0 Å². The number of thiazole rings is 1. The predicted molar refractivity (Wildman–Crippen MR) is 89.6 cm³/mol. The van der Waals surface area contributed by atoms with E-state index in [0.717, 1.165) is 10.7 Å². The summed E-state index contributed by atoms with van der Waals surface area (Å²) in [6.07, 6.45) is 1.97. The van der Waals surface area contributed by atoms with E-state index in [1.807, 2.05) is 0 Å². The van der Waals surface area contributed by atoms with Crippen molar-refractivity contribution in [2.24, 2.45) is 5.73 Å². The highest BCUT2D eigenvalue weighted by atomic mass is 32.1. The highest BCUT2D eigenvalue weighted by Gasteiger charge is 2.17. The summed E-state index contributed by atoms with van der Waals surface area (Å²) in [5.74, 6) is -0.850. The normalized spacial score (nSPS) is 11.3. The van der Waals surface area contributed by atoms with Crippen molar-refractivity contribution in [2.75, 3.05) is 6.54 Å². The molecule has 0 saturated heterocycles. The Balaban J connectivity index is 1.87. The van der Waals surface area contributed by atoms with Gasteiger partial charge in [-0.1, -0.05) is 20.8 Å². The average molecular weight is 332 g/mol. The molecule has 0 unspecified atom stereocenters. The third kappa shape index (κ3) is 4.59. The van der Waals surface area contributed by atoms with E-state index in [1.165, 1.54) is 18.3 Å². The van der Waals surface area contributed by atoms with Gasteiger partial charge in [0.2, 0.25) is 5.91 Å². The molecule has 122 valence electrons. The van der Waals surface area contributed by atoms with Crippen LogP contribution in [0.15, 0.2) is 23.7 Å². The fourth-order valence-electron chi connectivity index (χ4n) is 1.82. The van der Waals surface area contributed by atoms with Crippen molar-refractivity contribution in [3.63, 3.8) is 0 Å². The molecular weight excluding hydrogens is 312 g/mol. The van der Waals surface area contributed by atoms with Gasteiger partial charge in [0.1, 0.15) is 5.69 Å². The van der Waals surface area contributed by atoms with Crippen molar-refractivity contribution in [1.29, 1.82) is 0 Å². The lowest BCUT2D eigenvalue weighted by Crippen LogP contribution is -2.26. The van der Waals surface area contributed by atoms with Crippen LogP contribution in [-0.2, 0) is 11.8 Å². The van der Waals surface area contributed by atoms with Gasteiger partial charge in [0.25, 0.3) is 5.91 Å². The lowest BCUT2D eigenvalue weighted by atomic mass is 9.93. The molecule has 7 heteroatoms. The van der Waals surface area contributed by atoms with Gasteiger partial charge in [0.15, 0.2) is 0 Å². The zero-order chi connectivity index (χ0) is 17.0. The van der Waals surface area contributed by atoms with Crippen LogP contribution >= 0.6 is 11.3 Å². The molecule has 2 rings (SSSR count). The summed E-state index contributed by atoms with van der Waals surface area (Å²) in [4.78, 5) is 31.5. The van der Waals surface area contributed by atoms with Gasteiger partial charge in [-0.2, -0.15) is 0 Å². The van der Waals surface area contributed by atoms with Crippen LogP contribution in [0.4, 0.5) is 0 Å². The molecule has 0 radical (unpaired) electrons. The molecular formula is C16H20N4O2S. The molecule has 2 aromatic rings. The molecule has 0 aliphatic carbocycles. The van der Waals surface area contributed by atoms with E-state index < -0.39 is 5.91 Å². The average Bonchev–Trinajstić information content (AvgIpc) is 2.96. The fourth-order valence-corrected chi connectivity index (χ4v) is 2.84. The summed E-state index contributed by atoms with van der Waals surface area (Å²) >= 11 is 1.60. The summed E-state index contributed by atoms with van der Waals surface area (Å²) in [7, 11) is 0. The van der Waals surface area contributed by atoms with Gasteiger partial charge in [0.05, 0.1) is 16.3 Å². The lowest BCUT2D eigenvalue weighted by Gasteiger charge is -2.14. The molecule has 2 aromatic heterocycles. The number of amides is 2. The summed E-state index contributed by atoms with van der Waals surface area (Å²) in [6.45, 7) is 6.84. The first-order valence-electron chi connectivity index (χ1n) is 7.26. The van der Waals surface area contributed by atoms with Crippen molar-refractivity contribution < 1.29 is 9.59 Å². The number of hydrogen-bond donors (Lipinski definition) is 2. The minimum absolute atomic E-state index is 0.0318. The molecule has 3 N–H and O–H groups in total. The minimum atomic E-state index is -0.567. The van der Waals surface area contributed by atoms with Crippen LogP contribution in [-0.4, -0.2) is 28.3 Å². The quantitative estimate of drug-likeness (QED) is 0.874. The van der Waals surface area contributed by atoms with Crippen LogP contribution < -0.4 is 11.1 Å². The molecule has 0 bridgehead atoms. The number of rotatable bonds is 5. The van der Waals surface area contributed by atoms with Crippen LogP contribution in [0.5, 0.6) is 0 Å². The van der Waals surface area contributed by atoms with Crippen molar-refractivity contribution in [3.05, 3.63) is 45.7 Å². The summed E-state index contributed by atoms with van der Waals surface area (Å²) in [5, 5.41) is 5.84. The van der Waals surface area contributed by atoms with E-state index >= 15 is 0 Å². The van der Waals surface area contributed by atoms with Gasteiger partial charge in [-0.3, -0.25) is 14.6 Å². The Hall–Kier alpha value is -2.28. The van der Waals surface area contributed by atoms with Crippen molar-refractivity contribution in [3.8, 4) is 0 Å². The first kappa shape index (κ1) is 17.1. The molecule has 0 saturated carbocycles. The molecule has 0 atom stereocenters. The van der Waals surface area contributed by atoms with Gasteiger partial charge < -0.3 is 11.1 Å². The molecule has 0 fully saturated rings. The maximum Gasteiger partial charge on any atom is 0.269 e. The van der Waals surface area contributed by atoms with E-state index in [9.17, 15) is 9.59 Å². The van der Waals surface area contributed by atoms with Crippen LogP contribution in [0.3, 0.4) is 0 Å². The Morgan fingerprint density at radius 1 is 1.30 bits per heavy atom. The first-order valence-corrected chi connectivity index (χ1v) is 8.14. The topological polar surface area (TPSA) is 98.0 Å². The highest BCUT2D eigenvalue weighted by Crippen LogP contribution is 2.23. The van der Waals surface area contributed by atoms with E-state index in [-0.39, 0.29) is 22.6 Å². The number of pyridine rings is 1. The van der Waals surface area contributed by atoms with Crippen LogP contribution in [0.2, 0.25) is 0 Å². The monoisotopic (exact) mass is 332 g/mol.